The Morgan fingerprint density at radius 1 is 0.812 bits per heavy atom. The summed E-state index contributed by atoms with van der Waals surface area (Å²) >= 11 is 0. The predicted octanol–water partition coefficient (Wildman–Crippen LogP) is 7.37. The second-order valence-corrected chi connectivity index (χ2v) is 15.4. The van der Waals surface area contributed by atoms with Crippen molar-refractivity contribution in [1.29, 1.82) is 0 Å². The van der Waals surface area contributed by atoms with Crippen molar-refractivity contribution in [3.63, 3.8) is 0 Å². The van der Waals surface area contributed by atoms with E-state index in [1.54, 1.807) is 46.4 Å². The molecule has 0 spiro atoms. The Bertz CT molecular complexity index is 1410. The number of nitrogens with zero attached hydrogens (tertiary/aromatic N) is 1. The van der Waals surface area contributed by atoms with Gasteiger partial charge in [-0.1, -0.05) is 81.3 Å². The number of carbonyl (C=O) groups excluding carboxylic acids is 4. The molecule has 0 bridgehead atoms. The summed E-state index contributed by atoms with van der Waals surface area (Å²) in [6.07, 6.45) is 0.579. The van der Waals surface area contributed by atoms with Crippen LogP contribution in [0.1, 0.15) is 117 Å². The first kappa shape index (κ1) is 40.3. The molecule has 0 heterocycles. The van der Waals surface area contributed by atoms with Crippen LogP contribution in [0, 0.1) is 19.8 Å². The summed E-state index contributed by atoms with van der Waals surface area (Å²) in [5.74, 6) is -1.80. The number of benzene rings is 2. The highest BCUT2D eigenvalue weighted by Gasteiger charge is 2.45. The lowest BCUT2D eigenvalue weighted by molar-refractivity contribution is -0.159. The van der Waals surface area contributed by atoms with Gasteiger partial charge in [0.15, 0.2) is 0 Å². The van der Waals surface area contributed by atoms with Crippen molar-refractivity contribution in [3.8, 4) is 0 Å². The van der Waals surface area contributed by atoms with Crippen LogP contribution in [0.5, 0.6) is 0 Å². The molecule has 0 aliphatic carbocycles. The Labute approximate surface area is 288 Å². The van der Waals surface area contributed by atoms with Crippen molar-refractivity contribution in [1.82, 2.24) is 15.5 Å². The van der Waals surface area contributed by atoms with Crippen molar-refractivity contribution >= 4 is 23.9 Å². The fourth-order valence-electron chi connectivity index (χ4n) is 5.41. The van der Waals surface area contributed by atoms with E-state index in [1.165, 1.54) is 0 Å². The number of ether oxygens (including phenoxy) is 2. The molecule has 9 nitrogen and oxygen atoms in total. The van der Waals surface area contributed by atoms with Crippen molar-refractivity contribution in [3.05, 3.63) is 70.8 Å². The largest absolute Gasteiger partial charge is 0.458 e. The van der Waals surface area contributed by atoms with Crippen LogP contribution >= 0.6 is 0 Å². The molecule has 48 heavy (non-hydrogen) atoms. The second-order valence-electron chi connectivity index (χ2n) is 15.4. The first-order valence-electron chi connectivity index (χ1n) is 17.1. The highest BCUT2D eigenvalue weighted by atomic mass is 16.6. The minimum absolute atomic E-state index is 0.196. The van der Waals surface area contributed by atoms with Crippen LogP contribution in [0.3, 0.4) is 0 Å². The normalized spacial score (nSPS) is 14.6. The average Bonchev–Trinajstić information content (AvgIpc) is 2.96. The Hall–Kier alpha value is -3.88. The van der Waals surface area contributed by atoms with E-state index in [2.05, 4.69) is 10.6 Å². The number of aryl methyl sites for hydroxylation is 2. The van der Waals surface area contributed by atoms with Crippen molar-refractivity contribution < 1.29 is 28.7 Å². The molecule has 266 valence electrons. The third-order valence-corrected chi connectivity index (χ3v) is 8.42. The highest BCUT2D eigenvalue weighted by Crippen LogP contribution is 2.35. The number of esters is 1. The zero-order chi connectivity index (χ0) is 36.6. The van der Waals surface area contributed by atoms with Crippen molar-refractivity contribution in [2.45, 2.75) is 144 Å². The SMILES string of the molecule is CCC(C)C(NC(=O)OC(C)(C)C)C(=O)N(C(C(=O)NC(Cc1ccccc1)C(=O)OC(C)(C)C)c1ccc(C)cc1C)C(C)(C)CC. The quantitative estimate of drug-likeness (QED) is 0.216. The molecular formula is C39H59N3O6. The summed E-state index contributed by atoms with van der Waals surface area (Å²) in [5.41, 5.74) is 0.880. The van der Waals surface area contributed by atoms with E-state index in [0.717, 1.165) is 16.7 Å². The topological polar surface area (TPSA) is 114 Å². The van der Waals surface area contributed by atoms with E-state index in [0.29, 0.717) is 18.4 Å². The molecule has 3 amide bonds. The monoisotopic (exact) mass is 665 g/mol. The molecule has 0 saturated heterocycles. The molecule has 9 heteroatoms. The van der Waals surface area contributed by atoms with Gasteiger partial charge < -0.3 is 25.0 Å². The number of amides is 3. The Morgan fingerprint density at radius 2 is 1.40 bits per heavy atom. The molecule has 0 aliphatic heterocycles. The smallest absolute Gasteiger partial charge is 0.408 e. The molecule has 2 N–H and O–H groups in total. The van der Waals surface area contributed by atoms with Crippen LogP contribution < -0.4 is 10.6 Å². The van der Waals surface area contributed by atoms with Crippen LogP contribution in [-0.2, 0) is 30.3 Å². The van der Waals surface area contributed by atoms with Crippen LogP contribution in [-0.4, -0.2) is 57.6 Å². The lowest BCUT2D eigenvalue weighted by Crippen LogP contribution is -2.61. The van der Waals surface area contributed by atoms with Crippen LogP contribution in [0.25, 0.3) is 0 Å². The Kier molecular flexibility index (Phi) is 13.8. The van der Waals surface area contributed by atoms with E-state index in [1.807, 2.05) is 97.0 Å². The van der Waals surface area contributed by atoms with Crippen LogP contribution in [0.4, 0.5) is 4.79 Å². The fraction of sp³-hybridized carbons (Fsp3) is 0.590. The minimum atomic E-state index is -1.14. The summed E-state index contributed by atoms with van der Waals surface area (Å²) < 4.78 is 11.3. The van der Waals surface area contributed by atoms with Gasteiger partial charge in [0.25, 0.3) is 0 Å². The molecule has 4 unspecified atom stereocenters. The van der Waals surface area contributed by atoms with E-state index in [9.17, 15) is 19.2 Å². The first-order valence-corrected chi connectivity index (χ1v) is 17.1. The van der Waals surface area contributed by atoms with Gasteiger partial charge in [0.1, 0.15) is 29.3 Å². The lowest BCUT2D eigenvalue weighted by atomic mass is 9.88. The maximum absolute atomic E-state index is 14.9. The van der Waals surface area contributed by atoms with Gasteiger partial charge in [0.2, 0.25) is 11.8 Å². The van der Waals surface area contributed by atoms with Gasteiger partial charge >= 0.3 is 12.1 Å². The maximum Gasteiger partial charge on any atom is 0.408 e. The van der Waals surface area contributed by atoms with Gasteiger partial charge in [-0.25, -0.2) is 9.59 Å². The number of hydrogen-bond acceptors (Lipinski definition) is 6. The fourth-order valence-corrected chi connectivity index (χ4v) is 5.41. The lowest BCUT2D eigenvalue weighted by Gasteiger charge is -2.46. The first-order chi connectivity index (χ1) is 22.1. The molecule has 2 aromatic rings. The second kappa shape index (κ2) is 16.5. The molecule has 0 fully saturated rings. The number of carbonyl (C=O) groups is 4. The van der Waals surface area contributed by atoms with Crippen molar-refractivity contribution in [2.24, 2.45) is 5.92 Å². The predicted molar refractivity (Wildman–Crippen MR) is 190 cm³/mol. The zero-order valence-electron chi connectivity index (χ0n) is 31.4. The molecule has 4 atom stereocenters. The van der Waals surface area contributed by atoms with Crippen LogP contribution in [0.15, 0.2) is 48.5 Å². The van der Waals surface area contributed by atoms with Gasteiger partial charge in [0, 0.05) is 12.0 Å². The number of nitrogens with one attached hydrogen (secondary N) is 2. The molecule has 0 aromatic heterocycles. The maximum atomic E-state index is 14.9. The molecule has 2 aromatic carbocycles. The standard InChI is InChI=1S/C39H59N3O6/c1-14-26(4)31(41-36(46)48-38(9,10)11)34(44)42(39(12,13)15-2)32(29-22-21-25(3)23-27(29)5)33(43)40-30(35(45)47-37(6,7)8)24-28-19-17-16-18-20-28/h16-23,26,30-32H,14-15,24H2,1-13H3,(H,40,43)(H,41,46). The van der Waals surface area contributed by atoms with E-state index in [-0.39, 0.29) is 12.3 Å². The van der Waals surface area contributed by atoms with E-state index in [4.69, 9.17) is 9.47 Å². The van der Waals surface area contributed by atoms with E-state index < -0.39 is 58.7 Å². The summed E-state index contributed by atoms with van der Waals surface area (Å²) in [6.45, 7) is 24.1. The van der Waals surface area contributed by atoms with Gasteiger partial charge in [-0.05, 0) is 98.3 Å². The summed E-state index contributed by atoms with van der Waals surface area (Å²) in [5, 5.41) is 5.82. The van der Waals surface area contributed by atoms with Crippen LogP contribution in [0.2, 0.25) is 0 Å². The van der Waals surface area contributed by atoms with Gasteiger partial charge in [-0.3, -0.25) is 9.59 Å². The molecule has 0 radical (unpaired) electrons. The van der Waals surface area contributed by atoms with Gasteiger partial charge in [-0.2, -0.15) is 0 Å². The number of rotatable bonds is 13. The van der Waals surface area contributed by atoms with Gasteiger partial charge in [0.05, 0.1) is 0 Å². The zero-order valence-corrected chi connectivity index (χ0v) is 31.4. The number of alkyl carbamates (subject to hydrolysis) is 1. The summed E-state index contributed by atoms with van der Waals surface area (Å²) in [7, 11) is 0. The minimum Gasteiger partial charge on any atom is -0.458 e. The highest BCUT2D eigenvalue weighted by molar-refractivity contribution is 5.94. The number of hydrogen-bond donors (Lipinski definition) is 2. The average molecular weight is 666 g/mol. The van der Waals surface area contributed by atoms with Crippen molar-refractivity contribution in [2.75, 3.05) is 0 Å². The van der Waals surface area contributed by atoms with Gasteiger partial charge in [-0.15, -0.1) is 0 Å². The molecule has 2 rings (SSSR count). The molecular weight excluding hydrogens is 606 g/mol. The molecule has 0 aliphatic rings. The summed E-state index contributed by atoms with van der Waals surface area (Å²) in [6, 6.07) is 12.0. The third-order valence-electron chi connectivity index (χ3n) is 8.42. The Balaban J connectivity index is 2.77. The van der Waals surface area contributed by atoms with E-state index >= 15 is 0 Å². The summed E-state index contributed by atoms with van der Waals surface area (Å²) in [4.78, 5) is 58.0. The third kappa shape index (κ3) is 11.7. The Morgan fingerprint density at radius 3 is 1.90 bits per heavy atom. The molecule has 0 saturated carbocycles.